The molecule has 120 valence electrons. The number of ether oxygens (including phenoxy) is 1. The Kier molecular flexibility index (Phi) is 4.52. The predicted molar refractivity (Wildman–Crippen MR) is 86.4 cm³/mol. The maximum Gasteiger partial charge on any atom is 0.257 e. The predicted octanol–water partition coefficient (Wildman–Crippen LogP) is 1.58. The fraction of sp³-hybridized carbons (Fsp3) is 0.353. The van der Waals surface area contributed by atoms with E-state index in [2.05, 4.69) is 15.3 Å². The van der Waals surface area contributed by atoms with Crippen molar-refractivity contribution in [3.05, 3.63) is 53.6 Å². The van der Waals surface area contributed by atoms with E-state index in [0.29, 0.717) is 24.3 Å². The lowest BCUT2D eigenvalue weighted by molar-refractivity contribution is 0.0630. The molecule has 1 aromatic carbocycles. The monoisotopic (exact) mass is 312 g/mol. The van der Waals surface area contributed by atoms with E-state index < -0.39 is 0 Å². The number of benzene rings is 1. The van der Waals surface area contributed by atoms with Crippen molar-refractivity contribution in [2.75, 3.05) is 26.7 Å². The molecule has 2 aromatic rings. The van der Waals surface area contributed by atoms with Gasteiger partial charge in [0.25, 0.3) is 5.91 Å². The minimum Gasteiger partial charge on any atom is -0.496 e. The van der Waals surface area contributed by atoms with E-state index in [-0.39, 0.29) is 11.9 Å². The number of hydrogen-bond donors (Lipinski definition) is 1. The van der Waals surface area contributed by atoms with Gasteiger partial charge < -0.3 is 15.0 Å². The average Bonchev–Trinajstić information content (AvgIpc) is 2.61. The molecule has 0 bridgehead atoms. The Balaban J connectivity index is 1.96. The van der Waals surface area contributed by atoms with E-state index in [0.717, 1.165) is 17.9 Å². The zero-order chi connectivity index (χ0) is 16.2. The summed E-state index contributed by atoms with van der Waals surface area (Å²) in [4.78, 5) is 23.0. The first-order valence-electron chi connectivity index (χ1n) is 7.63. The number of nitrogens with zero attached hydrogens (tertiary/aromatic N) is 3. The number of amides is 1. The first kappa shape index (κ1) is 15.4. The molecule has 1 amide bonds. The van der Waals surface area contributed by atoms with Crippen LogP contribution in [-0.2, 0) is 0 Å². The molecule has 0 radical (unpaired) electrons. The highest BCUT2D eigenvalue weighted by Crippen LogP contribution is 2.31. The third-order valence-electron chi connectivity index (χ3n) is 4.14. The molecule has 1 fully saturated rings. The second-order valence-electron chi connectivity index (χ2n) is 5.48. The summed E-state index contributed by atoms with van der Waals surface area (Å²) in [6, 6.07) is 7.74. The van der Waals surface area contributed by atoms with Gasteiger partial charge in [-0.1, -0.05) is 18.2 Å². The van der Waals surface area contributed by atoms with Crippen molar-refractivity contribution in [3.8, 4) is 5.75 Å². The van der Waals surface area contributed by atoms with E-state index in [4.69, 9.17) is 4.74 Å². The highest BCUT2D eigenvalue weighted by atomic mass is 16.5. The maximum absolute atomic E-state index is 13.0. The zero-order valence-electron chi connectivity index (χ0n) is 13.3. The van der Waals surface area contributed by atoms with Crippen LogP contribution in [0.4, 0.5) is 0 Å². The molecule has 0 unspecified atom stereocenters. The quantitative estimate of drug-likeness (QED) is 0.932. The topological polar surface area (TPSA) is 67.3 Å². The van der Waals surface area contributed by atoms with Gasteiger partial charge in [0, 0.05) is 31.4 Å². The summed E-state index contributed by atoms with van der Waals surface area (Å²) in [7, 11) is 1.65. The molecule has 1 aliphatic heterocycles. The molecule has 0 saturated carbocycles. The lowest BCUT2D eigenvalue weighted by atomic mass is 10.0. The number of carbonyl (C=O) groups excluding carboxylic acids is 1. The van der Waals surface area contributed by atoms with E-state index in [9.17, 15) is 4.79 Å². The molecular formula is C17H20N4O2. The van der Waals surface area contributed by atoms with E-state index in [1.165, 1.54) is 6.33 Å². The molecule has 1 aliphatic rings. The van der Waals surface area contributed by atoms with Crippen molar-refractivity contribution in [2.24, 2.45) is 0 Å². The fourth-order valence-electron chi connectivity index (χ4n) is 2.92. The van der Waals surface area contributed by atoms with Crippen molar-refractivity contribution < 1.29 is 9.53 Å². The molecule has 0 spiro atoms. The Morgan fingerprint density at radius 2 is 2.22 bits per heavy atom. The average molecular weight is 312 g/mol. The van der Waals surface area contributed by atoms with Gasteiger partial charge in [-0.25, -0.2) is 9.97 Å². The summed E-state index contributed by atoms with van der Waals surface area (Å²) in [5.41, 5.74) is 2.25. The summed E-state index contributed by atoms with van der Waals surface area (Å²) in [6.07, 6.45) is 3.05. The van der Waals surface area contributed by atoms with Gasteiger partial charge in [-0.05, 0) is 13.0 Å². The molecule has 1 aromatic heterocycles. The molecule has 3 rings (SSSR count). The van der Waals surface area contributed by atoms with Crippen molar-refractivity contribution in [2.45, 2.75) is 13.0 Å². The zero-order valence-corrected chi connectivity index (χ0v) is 13.3. The molecule has 6 nitrogen and oxygen atoms in total. The van der Waals surface area contributed by atoms with Crippen molar-refractivity contribution in [1.29, 1.82) is 0 Å². The van der Waals surface area contributed by atoms with Gasteiger partial charge in [0.2, 0.25) is 0 Å². The Bertz CT molecular complexity index is 704. The maximum atomic E-state index is 13.0. The van der Waals surface area contributed by atoms with E-state index in [1.54, 1.807) is 13.3 Å². The van der Waals surface area contributed by atoms with Crippen LogP contribution in [0.2, 0.25) is 0 Å². The summed E-state index contributed by atoms with van der Waals surface area (Å²) in [5, 5.41) is 3.35. The second-order valence-corrected chi connectivity index (χ2v) is 5.48. The Morgan fingerprint density at radius 3 is 3.00 bits per heavy atom. The number of nitrogens with one attached hydrogen (secondary N) is 1. The van der Waals surface area contributed by atoms with Gasteiger partial charge in [-0.15, -0.1) is 0 Å². The highest BCUT2D eigenvalue weighted by molar-refractivity contribution is 5.95. The van der Waals surface area contributed by atoms with Crippen LogP contribution in [0, 0.1) is 6.92 Å². The molecule has 0 aliphatic carbocycles. The summed E-state index contributed by atoms with van der Waals surface area (Å²) < 4.78 is 5.47. The lowest BCUT2D eigenvalue weighted by Crippen LogP contribution is -2.49. The van der Waals surface area contributed by atoms with Crippen LogP contribution in [0.1, 0.15) is 27.7 Å². The number of carbonyl (C=O) groups is 1. The number of para-hydroxylation sites is 1. The first-order chi connectivity index (χ1) is 11.2. The lowest BCUT2D eigenvalue weighted by Gasteiger charge is -2.37. The minimum atomic E-state index is -0.0768. The SMILES string of the molecule is COc1ccccc1[C@H]1CNCCN1C(=O)c1cncnc1C. The Morgan fingerprint density at radius 1 is 1.39 bits per heavy atom. The largest absolute Gasteiger partial charge is 0.496 e. The molecule has 6 heteroatoms. The Hall–Kier alpha value is -2.47. The van der Waals surface area contributed by atoms with Crippen LogP contribution in [0.5, 0.6) is 5.75 Å². The van der Waals surface area contributed by atoms with Crippen molar-refractivity contribution in [1.82, 2.24) is 20.2 Å². The molecule has 1 atom stereocenters. The van der Waals surface area contributed by atoms with Crippen LogP contribution in [0.25, 0.3) is 0 Å². The van der Waals surface area contributed by atoms with Gasteiger partial charge >= 0.3 is 0 Å². The number of rotatable bonds is 3. The van der Waals surface area contributed by atoms with E-state index >= 15 is 0 Å². The number of methoxy groups -OCH3 is 1. The van der Waals surface area contributed by atoms with Crippen LogP contribution in [-0.4, -0.2) is 47.5 Å². The van der Waals surface area contributed by atoms with Crippen molar-refractivity contribution in [3.63, 3.8) is 0 Å². The number of hydrogen-bond acceptors (Lipinski definition) is 5. The minimum absolute atomic E-state index is 0.0412. The highest BCUT2D eigenvalue weighted by Gasteiger charge is 2.31. The first-order valence-corrected chi connectivity index (χ1v) is 7.63. The smallest absolute Gasteiger partial charge is 0.257 e. The third-order valence-corrected chi connectivity index (χ3v) is 4.14. The van der Waals surface area contributed by atoms with Crippen LogP contribution in [0.15, 0.2) is 36.8 Å². The Labute approximate surface area is 135 Å². The molecule has 1 N–H and O–H groups in total. The van der Waals surface area contributed by atoms with Gasteiger partial charge in [0.1, 0.15) is 12.1 Å². The number of aryl methyl sites for hydroxylation is 1. The molecular weight excluding hydrogens is 292 g/mol. The van der Waals surface area contributed by atoms with E-state index in [1.807, 2.05) is 36.1 Å². The number of aromatic nitrogens is 2. The van der Waals surface area contributed by atoms with Gasteiger partial charge in [0.15, 0.2) is 0 Å². The van der Waals surface area contributed by atoms with Crippen LogP contribution in [0.3, 0.4) is 0 Å². The van der Waals surface area contributed by atoms with Gasteiger partial charge in [0.05, 0.1) is 24.4 Å². The number of piperazine rings is 1. The van der Waals surface area contributed by atoms with Gasteiger partial charge in [-0.3, -0.25) is 4.79 Å². The normalized spacial score (nSPS) is 17.8. The van der Waals surface area contributed by atoms with Gasteiger partial charge in [-0.2, -0.15) is 0 Å². The third kappa shape index (κ3) is 3.03. The molecule has 1 saturated heterocycles. The summed E-state index contributed by atoms with van der Waals surface area (Å²) in [5.74, 6) is 0.750. The second kappa shape index (κ2) is 6.75. The molecule has 23 heavy (non-hydrogen) atoms. The summed E-state index contributed by atoms with van der Waals surface area (Å²) >= 11 is 0. The van der Waals surface area contributed by atoms with Crippen molar-refractivity contribution >= 4 is 5.91 Å². The van der Waals surface area contributed by atoms with Crippen LogP contribution < -0.4 is 10.1 Å². The summed E-state index contributed by atoms with van der Waals surface area (Å²) in [6.45, 7) is 3.92. The standard InChI is InChI=1S/C17H20N4O2/c1-12-14(9-19-11-20-12)17(22)21-8-7-18-10-15(21)13-5-3-4-6-16(13)23-2/h3-6,9,11,15,18H,7-8,10H2,1-2H3/t15-/m1/s1. The fourth-order valence-corrected chi connectivity index (χ4v) is 2.92. The van der Waals surface area contributed by atoms with Crippen LogP contribution >= 0.6 is 0 Å². The molecule has 2 heterocycles.